The van der Waals surface area contributed by atoms with Crippen molar-refractivity contribution in [2.24, 2.45) is 0 Å². The zero-order valence-electron chi connectivity index (χ0n) is 31.5. The van der Waals surface area contributed by atoms with Crippen LogP contribution in [-0.2, 0) is 5.41 Å². The van der Waals surface area contributed by atoms with Crippen molar-refractivity contribution in [3.05, 3.63) is 192 Å². The molecular weight excluding hydrogens is 685 g/mol. The molecule has 3 heteroatoms. The van der Waals surface area contributed by atoms with E-state index < -0.39 is 0 Å². The Bertz CT molecular complexity index is 2880. The highest BCUT2D eigenvalue weighted by atomic mass is 32.2. The maximum atomic E-state index is 5.28. The molecule has 1 aliphatic rings. The Kier molecular flexibility index (Phi) is 7.90. The third-order valence-electron chi connectivity index (χ3n) is 11.5. The van der Waals surface area contributed by atoms with Crippen LogP contribution in [0.15, 0.2) is 180 Å². The highest BCUT2D eigenvalue weighted by Gasteiger charge is 2.39. The normalized spacial score (nSPS) is 12.9. The smallest absolute Gasteiger partial charge is 0.0716 e. The largest absolute Gasteiger partial charge is 0.309 e. The van der Waals surface area contributed by atoms with Gasteiger partial charge in [-0.3, -0.25) is 0 Å². The molecule has 2 heterocycles. The number of rotatable bonds is 6. The van der Waals surface area contributed by atoms with E-state index >= 15 is 0 Å². The van der Waals surface area contributed by atoms with E-state index in [1.54, 1.807) is 0 Å². The molecule has 10 rings (SSSR count). The van der Waals surface area contributed by atoms with Crippen LogP contribution in [0.4, 0.5) is 0 Å². The zero-order chi connectivity index (χ0) is 37.3. The van der Waals surface area contributed by atoms with Crippen LogP contribution in [0.1, 0.15) is 36.1 Å². The summed E-state index contributed by atoms with van der Waals surface area (Å²) in [5.74, 6) is 0. The molecule has 0 spiro atoms. The molecular formula is C52H40N2S. The lowest BCUT2D eigenvalue weighted by Crippen LogP contribution is -2.16. The number of hydrogen-bond acceptors (Lipinski definition) is 2. The molecule has 0 fully saturated rings. The number of benzene rings is 7. The van der Waals surface area contributed by atoms with Gasteiger partial charge in [-0.05, 0) is 107 Å². The number of pyridine rings is 1. The molecule has 1 aliphatic carbocycles. The molecule has 264 valence electrons. The SMILES string of the molecule is Cc1ccccc1Sc1c(C)ccc2c1C(C)(C)c1cc3c(cc1-2)c1ccccc1n3-c1cccc(-c2cc(-c3ccccc3)cc(-c3ccccc3)n2)c1. The van der Waals surface area contributed by atoms with Gasteiger partial charge in [0.25, 0.3) is 0 Å². The Morgan fingerprint density at radius 2 is 1.16 bits per heavy atom. The van der Waals surface area contributed by atoms with Crippen LogP contribution in [0.25, 0.3) is 72.3 Å². The quantitative estimate of drug-likeness (QED) is 0.170. The molecule has 0 bridgehead atoms. The van der Waals surface area contributed by atoms with Crippen LogP contribution < -0.4 is 0 Å². The van der Waals surface area contributed by atoms with Gasteiger partial charge >= 0.3 is 0 Å². The molecule has 0 N–H and O–H groups in total. The summed E-state index contributed by atoms with van der Waals surface area (Å²) in [6.45, 7) is 9.30. The Labute approximate surface area is 327 Å². The van der Waals surface area contributed by atoms with Crippen molar-refractivity contribution in [1.29, 1.82) is 0 Å². The summed E-state index contributed by atoms with van der Waals surface area (Å²) >= 11 is 1.92. The lowest BCUT2D eigenvalue weighted by molar-refractivity contribution is 0.646. The molecule has 0 saturated carbocycles. The number of aryl methyl sites for hydroxylation is 2. The molecule has 2 nitrogen and oxygen atoms in total. The molecule has 0 saturated heterocycles. The van der Waals surface area contributed by atoms with E-state index in [2.05, 4.69) is 202 Å². The molecule has 0 radical (unpaired) electrons. The predicted octanol–water partition coefficient (Wildman–Crippen LogP) is 14.3. The Hall–Kier alpha value is -6.16. The third kappa shape index (κ3) is 5.53. The fourth-order valence-corrected chi connectivity index (χ4v) is 9.94. The Morgan fingerprint density at radius 3 is 1.95 bits per heavy atom. The fourth-order valence-electron chi connectivity index (χ4n) is 8.65. The van der Waals surface area contributed by atoms with E-state index in [4.69, 9.17) is 4.98 Å². The molecule has 2 aromatic heterocycles. The van der Waals surface area contributed by atoms with E-state index in [1.165, 1.54) is 70.5 Å². The summed E-state index contributed by atoms with van der Waals surface area (Å²) < 4.78 is 2.46. The van der Waals surface area contributed by atoms with Crippen molar-refractivity contribution in [3.63, 3.8) is 0 Å². The molecule has 0 unspecified atom stereocenters. The standard InChI is InChI=1S/C52H40N2S/c1-33-16-11-14-25-49(33)55-51-34(2)26-27-41-42-31-43-40-23-12-13-24-47(40)54(48(43)32-44(42)52(3,4)50(41)51)39-22-15-21-37(28-39)46-30-38(35-17-7-5-8-18-35)29-45(53-46)36-19-9-6-10-20-36/h5-32H,1-4H3. The second-order valence-corrected chi connectivity index (χ2v) is 16.4. The summed E-state index contributed by atoms with van der Waals surface area (Å²) in [6.07, 6.45) is 0. The van der Waals surface area contributed by atoms with Crippen molar-refractivity contribution < 1.29 is 0 Å². The Morgan fingerprint density at radius 1 is 0.491 bits per heavy atom. The van der Waals surface area contributed by atoms with Crippen LogP contribution in [-0.4, -0.2) is 9.55 Å². The third-order valence-corrected chi connectivity index (χ3v) is 12.9. The van der Waals surface area contributed by atoms with Gasteiger partial charge in [0, 0.05) is 42.8 Å². The summed E-state index contributed by atoms with van der Waals surface area (Å²) in [6, 6.07) is 61.7. The van der Waals surface area contributed by atoms with Gasteiger partial charge in [-0.15, -0.1) is 0 Å². The van der Waals surface area contributed by atoms with E-state index in [-0.39, 0.29) is 5.41 Å². The van der Waals surface area contributed by atoms with Gasteiger partial charge in [-0.25, -0.2) is 4.98 Å². The number of nitrogens with zero attached hydrogens (tertiary/aromatic N) is 2. The van der Waals surface area contributed by atoms with Gasteiger partial charge in [0.1, 0.15) is 0 Å². The molecule has 7 aromatic carbocycles. The van der Waals surface area contributed by atoms with Crippen molar-refractivity contribution in [2.75, 3.05) is 0 Å². The van der Waals surface area contributed by atoms with E-state index in [0.29, 0.717) is 0 Å². The van der Waals surface area contributed by atoms with E-state index in [1.807, 2.05) is 11.8 Å². The second kappa shape index (κ2) is 13.0. The van der Waals surface area contributed by atoms with Gasteiger partial charge in [-0.1, -0.05) is 147 Å². The molecule has 9 aromatic rings. The highest BCUT2D eigenvalue weighted by molar-refractivity contribution is 7.99. The first-order valence-electron chi connectivity index (χ1n) is 19.0. The van der Waals surface area contributed by atoms with Crippen LogP contribution in [0.3, 0.4) is 0 Å². The number of hydrogen-bond donors (Lipinski definition) is 0. The lowest BCUT2D eigenvalue weighted by Gasteiger charge is -2.25. The van der Waals surface area contributed by atoms with Gasteiger partial charge in [0.05, 0.1) is 22.4 Å². The Balaban J connectivity index is 1.15. The fraction of sp³-hybridized carbons (Fsp3) is 0.0962. The number of aromatic nitrogens is 2. The maximum Gasteiger partial charge on any atom is 0.0716 e. The molecule has 0 amide bonds. The number of fused-ring (bicyclic) bond motifs is 6. The monoisotopic (exact) mass is 724 g/mol. The average molecular weight is 725 g/mol. The first-order chi connectivity index (χ1) is 26.8. The first-order valence-corrected chi connectivity index (χ1v) is 19.9. The van der Waals surface area contributed by atoms with Gasteiger partial charge in [0.15, 0.2) is 0 Å². The maximum absolute atomic E-state index is 5.28. The highest BCUT2D eigenvalue weighted by Crippen LogP contribution is 2.55. The number of para-hydroxylation sites is 1. The van der Waals surface area contributed by atoms with Crippen molar-refractivity contribution in [1.82, 2.24) is 9.55 Å². The van der Waals surface area contributed by atoms with Crippen molar-refractivity contribution in [2.45, 2.75) is 42.9 Å². The summed E-state index contributed by atoms with van der Waals surface area (Å²) in [4.78, 5) is 7.96. The second-order valence-electron chi connectivity index (χ2n) is 15.3. The summed E-state index contributed by atoms with van der Waals surface area (Å²) in [5, 5.41) is 2.53. The minimum Gasteiger partial charge on any atom is -0.309 e. The van der Waals surface area contributed by atoms with Crippen LogP contribution in [0.2, 0.25) is 0 Å². The molecule has 55 heavy (non-hydrogen) atoms. The average Bonchev–Trinajstić information content (AvgIpc) is 3.67. The van der Waals surface area contributed by atoms with Crippen LogP contribution >= 0.6 is 11.8 Å². The zero-order valence-corrected chi connectivity index (χ0v) is 32.3. The molecule has 0 atom stereocenters. The summed E-state index contributed by atoms with van der Waals surface area (Å²) in [5.41, 5.74) is 17.9. The van der Waals surface area contributed by atoms with Gasteiger partial charge < -0.3 is 4.57 Å². The first kappa shape index (κ1) is 33.4. The van der Waals surface area contributed by atoms with Crippen molar-refractivity contribution >= 4 is 33.6 Å². The van der Waals surface area contributed by atoms with Gasteiger partial charge in [-0.2, -0.15) is 0 Å². The van der Waals surface area contributed by atoms with Gasteiger partial charge in [0.2, 0.25) is 0 Å². The van der Waals surface area contributed by atoms with Crippen LogP contribution in [0, 0.1) is 13.8 Å². The van der Waals surface area contributed by atoms with Crippen molar-refractivity contribution in [3.8, 4) is 50.5 Å². The van der Waals surface area contributed by atoms with E-state index in [9.17, 15) is 0 Å². The van der Waals surface area contributed by atoms with E-state index in [0.717, 1.165) is 33.8 Å². The van der Waals surface area contributed by atoms with Crippen LogP contribution in [0.5, 0.6) is 0 Å². The predicted molar refractivity (Wildman–Crippen MR) is 232 cm³/mol. The topological polar surface area (TPSA) is 17.8 Å². The summed E-state index contributed by atoms with van der Waals surface area (Å²) in [7, 11) is 0. The minimum absolute atomic E-state index is 0.186. The molecule has 0 aliphatic heterocycles. The minimum atomic E-state index is -0.186. The lowest BCUT2D eigenvalue weighted by atomic mass is 9.81.